The fourth-order valence-electron chi connectivity index (χ4n) is 3.03. The number of amides is 1. The molecule has 2 fully saturated rings. The van der Waals surface area contributed by atoms with Crippen molar-refractivity contribution in [2.75, 3.05) is 33.4 Å². The highest BCUT2D eigenvalue weighted by Crippen LogP contribution is 2.37. The number of rotatable bonds is 6. The molecule has 1 aliphatic carbocycles. The van der Waals surface area contributed by atoms with Gasteiger partial charge in [-0.05, 0) is 44.8 Å². The maximum Gasteiger partial charge on any atom is 0.270 e. The van der Waals surface area contributed by atoms with E-state index < -0.39 is 0 Å². The Morgan fingerprint density at radius 3 is 2.91 bits per heavy atom. The average Bonchev–Trinajstić information content (AvgIpc) is 3.39. The predicted octanol–water partition coefficient (Wildman–Crippen LogP) is 1.10. The molecule has 22 heavy (non-hydrogen) atoms. The fourth-order valence-corrected chi connectivity index (χ4v) is 3.03. The average molecular weight is 304 g/mol. The second-order valence-corrected chi connectivity index (χ2v) is 6.44. The van der Waals surface area contributed by atoms with Gasteiger partial charge in [0.2, 0.25) is 0 Å². The summed E-state index contributed by atoms with van der Waals surface area (Å²) in [4.78, 5) is 21.0. The van der Waals surface area contributed by atoms with Crippen molar-refractivity contribution in [3.05, 3.63) is 23.8 Å². The van der Waals surface area contributed by atoms with Crippen LogP contribution < -0.4 is 10.6 Å². The number of carbonyl (C=O) groups excluding carboxylic acids is 1. The van der Waals surface area contributed by atoms with E-state index >= 15 is 0 Å². The van der Waals surface area contributed by atoms with Gasteiger partial charge in [-0.1, -0.05) is 0 Å². The van der Waals surface area contributed by atoms with E-state index in [2.05, 4.69) is 20.6 Å². The lowest BCUT2D eigenvalue weighted by Crippen LogP contribution is -2.47. The Labute approximate surface area is 131 Å². The maximum absolute atomic E-state index is 12.4. The van der Waals surface area contributed by atoms with E-state index in [1.54, 1.807) is 19.4 Å². The zero-order valence-corrected chi connectivity index (χ0v) is 13.1. The van der Waals surface area contributed by atoms with E-state index in [-0.39, 0.29) is 11.3 Å². The van der Waals surface area contributed by atoms with Crippen LogP contribution in [0.25, 0.3) is 0 Å². The number of carbonyl (C=O) groups is 1. The monoisotopic (exact) mass is 304 g/mol. The van der Waals surface area contributed by atoms with Gasteiger partial charge in [-0.25, -0.2) is 9.97 Å². The lowest BCUT2D eigenvalue weighted by molar-refractivity contribution is 0.0510. The van der Waals surface area contributed by atoms with Crippen molar-refractivity contribution in [2.45, 2.75) is 31.6 Å². The Hall–Kier alpha value is -1.53. The van der Waals surface area contributed by atoms with Crippen molar-refractivity contribution in [3.8, 4) is 0 Å². The summed E-state index contributed by atoms with van der Waals surface area (Å²) in [6, 6.07) is 1.69. The van der Waals surface area contributed by atoms with E-state index in [0.29, 0.717) is 24.8 Å². The molecule has 1 aromatic heterocycles. The van der Waals surface area contributed by atoms with E-state index in [9.17, 15) is 4.79 Å². The van der Waals surface area contributed by atoms with Gasteiger partial charge in [0.15, 0.2) is 0 Å². The molecule has 0 radical (unpaired) electrons. The van der Waals surface area contributed by atoms with E-state index in [0.717, 1.165) is 44.6 Å². The van der Waals surface area contributed by atoms with Gasteiger partial charge in [0, 0.05) is 31.2 Å². The van der Waals surface area contributed by atoms with Gasteiger partial charge >= 0.3 is 0 Å². The van der Waals surface area contributed by atoms with Gasteiger partial charge in [-0.3, -0.25) is 4.79 Å². The van der Waals surface area contributed by atoms with Gasteiger partial charge in [-0.15, -0.1) is 0 Å². The minimum atomic E-state index is -0.113. The first-order valence-electron chi connectivity index (χ1n) is 8.03. The normalized spacial score (nSPS) is 20.6. The van der Waals surface area contributed by atoms with E-state index in [1.165, 1.54) is 0 Å². The number of piperidine rings is 1. The molecule has 6 heteroatoms. The largest absolute Gasteiger partial charge is 0.384 e. The molecular formula is C16H24N4O2. The van der Waals surface area contributed by atoms with Crippen molar-refractivity contribution in [3.63, 3.8) is 0 Å². The first-order valence-corrected chi connectivity index (χ1v) is 8.03. The van der Waals surface area contributed by atoms with Crippen molar-refractivity contribution in [1.29, 1.82) is 0 Å². The Morgan fingerprint density at radius 1 is 1.45 bits per heavy atom. The first kappa shape index (κ1) is 15.4. The molecule has 1 aromatic rings. The zero-order valence-electron chi connectivity index (χ0n) is 13.1. The molecule has 6 nitrogen and oxygen atoms in total. The van der Waals surface area contributed by atoms with Gasteiger partial charge < -0.3 is 15.4 Å². The van der Waals surface area contributed by atoms with Crippen LogP contribution in [0.5, 0.6) is 0 Å². The molecule has 120 valence electrons. The van der Waals surface area contributed by atoms with Gasteiger partial charge in [0.25, 0.3) is 5.91 Å². The number of nitrogens with one attached hydrogen (secondary N) is 2. The van der Waals surface area contributed by atoms with Crippen LogP contribution in [0.3, 0.4) is 0 Å². The number of methoxy groups -OCH3 is 1. The minimum Gasteiger partial charge on any atom is -0.384 e. The minimum absolute atomic E-state index is 0.0298. The van der Waals surface area contributed by atoms with Crippen molar-refractivity contribution in [1.82, 2.24) is 20.6 Å². The summed E-state index contributed by atoms with van der Waals surface area (Å²) in [7, 11) is 1.72. The van der Waals surface area contributed by atoms with Crippen LogP contribution in [0.2, 0.25) is 0 Å². The molecule has 1 amide bonds. The molecule has 0 unspecified atom stereocenters. The number of hydrogen-bond donors (Lipinski definition) is 2. The lowest BCUT2D eigenvalue weighted by atomic mass is 9.79. The van der Waals surface area contributed by atoms with Crippen LogP contribution in [-0.2, 0) is 4.74 Å². The summed E-state index contributed by atoms with van der Waals surface area (Å²) >= 11 is 0. The van der Waals surface area contributed by atoms with Crippen LogP contribution in [-0.4, -0.2) is 49.2 Å². The van der Waals surface area contributed by atoms with Crippen LogP contribution >= 0.6 is 0 Å². The third-order valence-corrected chi connectivity index (χ3v) is 4.59. The van der Waals surface area contributed by atoms with Crippen molar-refractivity contribution in [2.24, 2.45) is 5.41 Å². The molecule has 2 N–H and O–H groups in total. The molecule has 1 saturated carbocycles. The topological polar surface area (TPSA) is 76.1 Å². The molecule has 2 aliphatic rings. The Balaban J connectivity index is 1.61. The third-order valence-electron chi connectivity index (χ3n) is 4.59. The molecule has 1 saturated heterocycles. The molecule has 3 rings (SSSR count). The van der Waals surface area contributed by atoms with Crippen LogP contribution in [0.4, 0.5) is 0 Å². The van der Waals surface area contributed by atoms with Crippen molar-refractivity contribution >= 4 is 5.91 Å². The smallest absolute Gasteiger partial charge is 0.270 e. The summed E-state index contributed by atoms with van der Waals surface area (Å²) in [5.74, 6) is 1.15. The van der Waals surface area contributed by atoms with Gasteiger partial charge in [0.05, 0.1) is 6.61 Å². The molecule has 0 atom stereocenters. The second-order valence-electron chi connectivity index (χ2n) is 6.44. The van der Waals surface area contributed by atoms with Gasteiger partial charge in [-0.2, -0.15) is 0 Å². The second kappa shape index (κ2) is 6.71. The summed E-state index contributed by atoms with van der Waals surface area (Å²) < 4.78 is 5.38. The first-order chi connectivity index (χ1) is 10.7. The molecular weight excluding hydrogens is 280 g/mol. The third kappa shape index (κ3) is 3.62. The van der Waals surface area contributed by atoms with E-state index in [1.807, 2.05) is 0 Å². The Bertz CT molecular complexity index is 519. The Kier molecular flexibility index (Phi) is 4.69. The summed E-state index contributed by atoms with van der Waals surface area (Å²) in [5, 5.41) is 6.40. The molecule has 0 aromatic carbocycles. The van der Waals surface area contributed by atoms with Crippen LogP contribution in [0.1, 0.15) is 47.9 Å². The highest BCUT2D eigenvalue weighted by atomic mass is 16.5. The van der Waals surface area contributed by atoms with Crippen molar-refractivity contribution < 1.29 is 9.53 Å². The quantitative estimate of drug-likeness (QED) is 0.823. The highest BCUT2D eigenvalue weighted by Gasteiger charge is 2.33. The SMILES string of the molecule is COCC1(CNC(=O)c2ccnc(C3CC3)n2)CCNCC1. The predicted molar refractivity (Wildman–Crippen MR) is 82.8 cm³/mol. The Morgan fingerprint density at radius 2 is 2.23 bits per heavy atom. The molecule has 0 spiro atoms. The number of nitrogens with zero attached hydrogens (tertiary/aromatic N) is 2. The number of aromatic nitrogens is 2. The highest BCUT2D eigenvalue weighted by molar-refractivity contribution is 5.92. The number of hydrogen-bond acceptors (Lipinski definition) is 5. The van der Waals surface area contributed by atoms with Gasteiger partial charge in [0.1, 0.15) is 11.5 Å². The summed E-state index contributed by atoms with van der Waals surface area (Å²) in [5.41, 5.74) is 0.501. The molecule has 1 aliphatic heterocycles. The summed E-state index contributed by atoms with van der Waals surface area (Å²) in [6.45, 7) is 3.24. The number of ether oxygens (including phenoxy) is 1. The van der Waals surface area contributed by atoms with Crippen LogP contribution in [0.15, 0.2) is 12.3 Å². The summed E-state index contributed by atoms with van der Waals surface area (Å²) in [6.07, 6.45) is 5.98. The van der Waals surface area contributed by atoms with Crippen LogP contribution in [0, 0.1) is 5.41 Å². The standard InChI is InChI=1S/C16H24N4O2/c1-22-11-16(5-8-17-9-6-16)10-19-15(21)13-4-7-18-14(20-13)12-2-3-12/h4,7,12,17H,2-3,5-6,8-11H2,1H3,(H,19,21). The molecule has 2 heterocycles. The maximum atomic E-state index is 12.4. The van der Waals surface area contributed by atoms with E-state index in [4.69, 9.17) is 4.74 Å². The fraction of sp³-hybridized carbons (Fsp3) is 0.688. The molecule has 0 bridgehead atoms. The lowest BCUT2D eigenvalue weighted by Gasteiger charge is -2.37. The zero-order chi connectivity index (χ0) is 15.4.